The Bertz CT molecular complexity index is 959. The van der Waals surface area contributed by atoms with E-state index in [1.165, 1.54) is 11.0 Å². The lowest BCUT2D eigenvalue weighted by molar-refractivity contribution is -0.385. The van der Waals surface area contributed by atoms with Crippen molar-refractivity contribution in [1.29, 1.82) is 0 Å². The Morgan fingerprint density at radius 1 is 1.19 bits per heavy atom. The molecule has 1 N–H and O–H groups in total. The maximum absolute atomic E-state index is 13.3. The molecule has 1 fully saturated rings. The van der Waals surface area contributed by atoms with E-state index >= 15 is 0 Å². The normalized spacial score (nSPS) is 14.8. The topological polar surface area (TPSA) is 92.6 Å². The number of amides is 2. The van der Waals surface area contributed by atoms with E-state index in [-0.39, 0.29) is 36.5 Å². The van der Waals surface area contributed by atoms with Gasteiger partial charge in [0.1, 0.15) is 6.04 Å². The molecule has 0 radical (unpaired) electrons. The molecule has 1 aliphatic carbocycles. The van der Waals surface area contributed by atoms with Crippen molar-refractivity contribution >= 4 is 29.1 Å². The highest BCUT2D eigenvalue weighted by molar-refractivity contribution is 6.30. The molecular weight excluding hydrogens is 418 g/mol. The van der Waals surface area contributed by atoms with Crippen LogP contribution in [0.1, 0.15) is 43.7 Å². The minimum atomic E-state index is -0.727. The van der Waals surface area contributed by atoms with Crippen LogP contribution in [0.5, 0.6) is 0 Å². The maximum atomic E-state index is 13.3. The standard InChI is InChI=1S/C23H26ClN3O4/c1-16(23(29)25-20-10-3-4-11-20)26(15-17-7-6-9-19(24)13-17)22(28)14-18-8-2-5-12-21(18)27(30)31/h2,5-9,12-13,16,20H,3-4,10-11,14-15H2,1H3,(H,25,29)/t16-/m0/s1. The van der Waals surface area contributed by atoms with Crippen molar-refractivity contribution in [3.8, 4) is 0 Å². The van der Waals surface area contributed by atoms with Gasteiger partial charge in [0.25, 0.3) is 5.69 Å². The lowest BCUT2D eigenvalue weighted by atomic mass is 10.1. The molecular formula is C23H26ClN3O4. The molecule has 3 rings (SSSR count). The summed E-state index contributed by atoms with van der Waals surface area (Å²) in [5, 5.41) is 14.9. The van der Waals surface area contributed by atoms with E-state index in [9.17, 15) is 19.7 Å². The first-order chi connectivity index (χ1) is 14.8. The monoisotopic (exact) mass is 443 g/mol. The van der Waals surface area contributed by atoms with E-state index < -0.39 is 11.0 Å². The number of carbonyl (C=O) groups excluding carboxylic acids is 2. The third-order valence-corrected chi connectivity index (χ3v) is 5.88. The Kier molecular flexibility index (Phi) is 7.63. The first-order valence-electron chi connectivity index (χ1n) is 10.4. The number of carbonyl (C=O) groups is 2. The van der Waals surface area contributed by atoms with Crippen LogP contribution in [0.15, 0.2) is 48.5 Å². The second kappa shape index (κ2) is 10.4. The molecule has 31 heavy (non-hydrogen) atoms. The fraction of sp³-hybridized carbons (Fsp3) is 0.391. The van der Waals surface area contributed by atoms with Gasteiger partial charge in [-0.1, -0.05) is 54.8 Å². The highest BCUT2D eigenvalue weighted by atomic mass is 35.5. The van der Waals surface area contributed by atoms with E-state index in [1.807, 2.05) is 6.07 Å². The van der Waals surface area contributed by atoms with Gasteiger partial charge < -0.3 is 10.2 Å². The van der Waals surface area contributed by atoms with Crippen LogP contribution in [-0.2, 0) is 22.6 Å². The van der Waals surface area contributed by atoms with Gasteiger partial charge in [-0.3, -0.25) is 19.7 Å². The number of nitro groups is 1. The van der Waals surface area contributed by atoms with Crippen LogP contribution in [0.2, 0.25) is 5.02 Å². The third kappa shape index (κ3) is 6.04. The number of hydrogen-bond acceptors (Lipinski definition) is 4. The van der Waals surface area contributed by atoms with Gasteiger partial charge in [-0.05, 0) is 37.5 Å². The molecule has 0 bridgehead atoms. The minimum Gasteiger partial charge on any atom is -0.352 e. The van der Waals surface area contributed by atoms with E-state index in [2.05, 4.69) is 5.32 Å². The number of nitro benzene ring substituents is 1. The number of benzene rings is 2. The summed E-state index contributed by atoms with van der Waals surface area (Å²) in [5.74, 6) is -0.576. The number of nitrogens with zero attached hydrogens (tertiary/aromatic N) is 2. The van der Waals surface area contributed by atoms with Gasteiger partial charge in [-0.25, -0.2) is 0 Å². The molecule has 0 unspecified atom stereocenters. The molecule has 2 aromatic rings. The highest BCUT2D eigenvalue weighted by Gasteiger charge is 2.29. The third-order valence-electron chi connectivity index (χ3n) is 5.64. The lowest BCUT2D eigenvalue weighted by Gasteiger charge is -2.30. The van der Waals surface area contributed by atoms with Gasteiger partial charge in [-0.15, -0.1) is 0 Å². The molecule has 0 spiro atoms. The van der Waals surface area contributed by atoms with Crippen molar-refractivity contribution in [1.82, 2.24) is 10.2 Å². The van der Waals surface area contributed by atoms with Crippen LogP contribution in [-0.4, -0.2) is 33.7 Å². The molecule has 0 aromatic heterocycles. The van der Waals surface area contributed by atoms with Gasteiger partial charge in [0.05, 0.1) is 11.3 Å². The summed E-state index contributed by atoms with van der Waals surface area (Å²) in [5.41, 5.74) is 0.988. The SMILES string of the molecule is C[C@@H](C(=O)NC1CCCC1)N(Cc1cccc(Cl)c1)C(=O)Cc1ccccc1[N+](=O)[O-]. The summed E-state index contributed by atoms with van der Waals surface area (Å²) in [6.07, 6.45) is 3.89. The molecule has 1 atom stereocenters. The molecule has 7 nitrogen and oxygen atoms in total. The summed E-state index contributed by atoms with van der Waals surface area (Å²) in [6.45, 7) is 1.87. The summed E-state index contributed by atoms with van der Waals surface area (Å²) < 4.78 is 0. The fourth-order valence-corrected chi connectivity index (χ4v) is 4.12. The number of para-hydroxylation sites is 1. The first-order valence-corrected chi connectivity index (χ1v) is 10.8. The summed E-state index contributed by atoms with van der Waals surface area (Å²) in [6, 6.07) is 12.7. The Balaban J connectivity index is 1.82. The van der Waals surface area contributed by atoms with E-state index in [0.29, 0.717) is 10.6 Å². The van der Waals surface area contributed by atoms with Crippen molar-refractivity contribution in [3.63, 3.8) is 0 Å². The Morgan fingerprint density at radius 2 is 1.90 bits per heavy atom. The molecule has 0 saturated heterocycles. The number of hydrogen-bond donors (Lipinski definition) is 1. The molecule has 8 heteroatoms. The Morgan fingerprint density at radius 3 is 2.58 bits per heavy atom. The second-order valence-corrected chi connectivity index (χ2v) is 8.32. The summed E-state index contributed by atoms with van der Waals surface area (Å²) in [7, 11) is 0. The van der Waals surface area contributed by atoms with Crippen molar-refractivity contribution in [2.24, 2.45) is 0 Å². The predicted octanol–water partition coefficient (Wildman–Crippen LogP) is 4.27. The van der Waals surface area contributed by atoms with Crippen LogP contribution < -0.4 is 5.32 Å². The highest BCUT2D eigenvalue weighted by Crippen LogP contribution is 2.22. The smallest absolute Gasteiger partial charge is 0.273 e. The van der Waals surface area contributed by atoms with Crippen LogP contribution in [0.3, 0.4) is 0 Å². The van der Waals surface area contributed by atoms with E-state index in [1.54, 1.807) is 43.3 Å². The fourth-order valence-electron chi connectivity index (χ4n) is 3.91. The molecule has 2 amide bonds. The summed E-state index contributed by atoms with van der Waals surface area (Å²) in [4.78, 5) is 38.4. The van der Waals surface area contributed by atoms with E-state index in [4.69, 9.17) is 11.6 Å². The number of halogens is 1. The zero-order valence-corrected chi connectivity index (χ0v) is 18.2. The zero-order valence-electron chi connectivity index (χ0n) is 17.4. The average Bonchev–Trinajstić information content (AvgIpc) is 3.24. The van der Waals surface area contributed by atoms with Crippen LogP contribution >= 0.6 is 11.6 Å². The molecule has 0 heterocycles. The molecule has 1 saturated carbocycles. The van der Waals surface area contributed by atoms with Gasteiger partial charge >= 0.3 is 0 Å². The molecule has 164 valence electrons. The van der Waals surface area contributed by atoms with Crippen molar-refractivity contribution in [3.05, 3.63) is 74.8 Å². The summed E-state index contributed by atoms with van der Waals surface area (Å²) >= 11 is 6.09. The van der Waals surface area contributed by atoms with Crippen LogP contribution in [0.25, 0.3) is 0 Å². The molecule has 2 aromatic carbocycles. The van der Waals surface area contributed by atoms with Gasteiger partial charge in [0, 0.05) is 29.2 Å². The molecule has 0 aliphatic heterocycles. The van der Waals surface area contributed by atoms with Crippen molar-refractivity contribution in [2.45, 2.75) is 57.7 Å². The first kappa shape index (κ1) is 22.7. The van der Waals surface area contributed by atoms with Crippen LogP contribution in [0.4, 0.5) is 5.69 Å². The van der Waals surface area contributed by atoms with Crippen molar-refractivity contribution in [2.75, 3.05) is 0 Å². The number of rotatable bonds is 8. The van der Waals surface area contributed by atoms with Gasteiger partial charge in [0.15, 0.2) is 0 Å². The predicted molar refractivity (Wildman–Crippen MR) is 119 cm³/mol. The minimum absolute atomic E-state index is 0.110. The lowest BCUT2D eigenvalue weighted by Crippen LogP contribution is -2.50. The average molecular weight is 444 g/mol. The Labute approximate surface area is 186 Å². The van der Waals surface area contributed by atoms with Crippen LogP contribution in [0, 0.1) is 10.1 Å². The maximum Gasteiger partial charge on any atom is 0.273 e. The Hall–Kier alpha value is -2.93. The largest absolute Gasteiger partial charge is 0.352 e. The zero-order chi connectivity index (χ0) is 22.4. The second-order valence-electron chi connectivity index (χ2n) is 7.88. The van der Waals surface area contributed by atoms with Gasteiger partial charge in [-0.2, -0.15) is 0 Å². The van der Waals surface area contributed by atoms with Gasteiger partial charge in [0.2, 0.25) is 11.8 Å². The van der Waals surface area contributed by atoms with E-state index in [0.717, 1.165) is 31.2 Å². The quantitative estimate of drug-likeness (QED) is 0.487. The number of nitrogens with one attached hydrogen (secondary N) is 1. The van der Waals surface area contributed by atoms with Crippen molar-refractivity contribution < 1.29 is 14.5 Å². The molecule has 1 aliphatic rings.